The van der Waals surface area contributed by atoms with Gasteiger partial charge >= 0.3 is 0 Å². The van der Waals surface area contributed by atoms with Crippen LogP contribution in [0.4, 0.5) is 4.39 Å². The van der Waals surface area contributed by atoms with Gasteiger partial charge < -0.3 is 4.74 Å². The zero-order valence-electron chi connectivity index (χ0n) is 11.3. The van der Waals surface area contributed by atoms with E-state index in [1.807, 2.05) is 19.1 Å². The number of unbranched alkanes of at least 4 members (excludes halogenated alkanes) is 1. The van der Waals surface area contributed by atoms with Crippen molar-refractivity contribution in [3.63, 3.8) is 0 Å². The molecule has 1 fully saturated rings. The molecule has 0 bridgehead atoms. The molecule has 1 aromatic carbocycles. The third kappa shape index (κ3) is 3.72. The molecule has 1 aromatic rings. The van der Waals surface area contributed by atoms with E-state index >= 15 is 0 Å². The first kappa shape index (κ1) is 14.0. The van der Waals surface area contributed by atoms with Crippen LogP contribution >= 0.6 is 0 Å². The largest absolute Gasteiger partial charge is 0.493 e. The molecular formula is C15H23FO. The Bertz CT molecular complexity index is 354. The van der Waals surface area contributed by atoms with E-state index < -0.39 is 0 Å². The minimum Gasteiger partial charge on any atom is -0.493 e. The molecule has 0 unspecified atom stereocenters. The predicted molar refractivity (Wildman–Crippen MR) is 70.2 cm³/mol. The molecule has 1 aliphatic rings. The molecule has 1 nitrogen and oxygen atoms in total. The molecule has 0 saturated heterocycles. The van der Waals surface area contributed by atoms with Crippen molar-refractivity contribution in [2.75, 3.05) is 7.11 Å². The fourth-order valence-corrected chi connectivity index (χ4v) is 1.63. The van der Waals surface area contributed by atoms with Gasteiger partial charge in [0.15, 0.2) is 11.6 Å². The minimum absolute atomic E-state index is 0.162. The molecule has 1 saturated carbocycles. The van der Waals surface area contributed by atoms with Gasteiger partial charge in [0.05, 0.1) is 7.11 Å². The van der Waals surface area contributed by atoms with Gasteiger partial charge in [0.25, 0.3) is 0 Å². The summed E-state index contributed by atoms with van der Waals surface area (Å²) in [6.45, 7) is 6.22. The highest BCUT2D eigenvalue weighted by atomic mass is 19.1. The van der Waals surface area contributed by atoms with Crippen LogP contribution < -0.4 is 4.74 Å². The third-order valence-electron chi connectivity index (χ3n) is 3.05. The predicted octanol–water partition coefficient (Wildman–Crippen LogP) is 4.83. The van der Waals surface area contributed by atoms with Crippen molar-refractivity contribution >= 4 is 0 Å². The van der Waals surface area contributed by atoms with Crippen molar-refractivity contribution in [1.29, 1.82) is 0 Å². The number of halogens is 1. The summed E-state index contributed by atoms with van der Waals surface area (Å²) in [4.78, 5) is 0. The second-order valence-electron chi connectivity index (χ2n) is 4.59. The number of hydrogen-bond donors (Lipinski definition) is 0. The fraction of sp³-hybridized carbons (Fsp3) is 0.600. The number of benzene rings is 1. The van der Waals surface area contributed by atoms with Crippen molar-refractivity contribution < 1.29 is 9.13 Å². The summed E-state index contributed by atoms with van der Waals surface area (Å²) in [6.07, 6.45) is 4.87. The van der Waals surface area contributed by atoms with Gasteiger partial charge in [0.1, 0.15) is 0 Å². The molecule has 0 aromatic heterocycles. The highest BCUT2D eigenvalue weighted by Crippen LogP contribution is 2.43. The van der Waals surface area contributed by atoms with Crippen LogP contribution in [0.5, 0.6) is 5.75 Å². The Morgan fingerprint density at radius 1 is 1.24 bits per heavy atom. The van der Waals surface area contributed by atoms with Gasteiger partial charge in [-0.05, 0) is 36.8 Å². The van der Waals surface area contributed by atoms with Crippen molar-refractivity contribution in [1.82, 2.24) is 0 Å². The van der Waals surface area contributed by atoms with E-state index in [0.29, 0.717) is 11.7 Å². The van der Waals surface area contributed by atoms with Crippen LogP contribution in [0.25, 0.3) is 0 Å². The van der Waals surface area contributed by atoms with E-state index in [1.54, 1.807) is 0 Å². The molecule has 2 rings (SSSR count). The first-order valence-electron chi connectivity index (χ1n) is 6.48. The van der Waals surface area contributed by atoms with Gasteiger partial charge in [-0.3, -0.25) is 0 Å². The molecule has 1 aliphatic carbocycles. The van der Waals surface area contributed by atoms with E-state index in [4.69, 9.17) is 4.74 Å². The molecular weight excluding hydrogens is 215 g/mol. The van der Waals surface area contributed by atoms with Crippen molar-refractivity contribution in [2.24, 2.45) is 0 Å². The average Bonchev–Trinajstić information content (AvgIpc) is 3.14. The number of rotatable bonds is 3. The lowest BCUT2D eigenvalue weighted by Gasteiger charge is -2.09. The normalized spacial score (nSPS) is 13.9. The van der Waals surface area contributed by atoms with E-state index in [0.717, 1.165) is 24.0 Å². The Morgan fingerprint density at radius 3 is 2.24 bits per heavy atom. The van der Waals surface area contributed by atoms with Crippen LogP contribution in [0.1, 0.15) is 56.6 Å². The van der Waals surface area contributed by atoms with Gasteiger partial charge in [-0.15, -0.1) is 0 Å². The Morgan fingerprint density at radius 2 is 1.82 bits per heavy atom. The third-order valence-corrected chi connectivity index (χ3v) is 3.05. The SMILES string of the molecule is CCCC.COc1c(C)ccc(C2CC2)c1F. The van der Waals surface area contributed by atoms with Crippen LogP contribution in [-0.4, -0.2) is 7.11 Å². The summed E-state index contributed by atoms with van der Waals surface area (Å²) in [5.74, 6) is 0.684. The van der Waals surface area contributed by atoms with Gasteiger partial charge in [-0.2, -0.15) is 0 Å². The number of ether oxygens (including phenoxy) is 1. The first-order valence-corrected chi connectivity index (χ1v) is 6.48. The maximum Gasteiger partial charge on any atom is 0.168 e. The number of hydrogen-bond acceptors (Lipinski definition) is 1. The fourth-order valence-electron chi connectivity index (χ4n) is 1.63. The topological polar surface area (TPSA) is 9.23 Å². The van der Waals surface area contributed by atoms with Crippen LogP contribution in [-0.2, 0) is 0 Å². The Hall–Kier alpha value is -1.05. The highest BCUT2D eigenvalue weighted by Gasteiger charge is 2.28. The maximum absolute atomic E-state index is 13.7. The molecule has 17 heavy (non-hydrogen) atoms. The van der Waals surface area contributed by atoms with Crippen molar-refractivity contribution in [3.05, 3.63) is 29.1 Å². The molecule has 2 heteroatoms. The standard InChI is InChI=1S/C11H13FO.C4H10/c1-7-3-6-9(8-4-5-8)10(12)11(7)13-2;1-3-4-2/h3,6,8H,4-5H2,1-2H3;3-4H2,1-2H3. The van der Waals surface area contributed by atoms with E-state index in [1.165, 1.54) is 20.0 Å². The second-order valence-corrected chi connectivity index (χ2v) is 4.59. The monoisotopic (exact) mass is 238 g/mol. The maximum atomic E-state index is 13.7. The summed E-state index contributed by atoms with van der Waals surface area (Å²) in [6, 6.07) is 3.81. The molecule has 0 atom stereocenters. The van der Waals surface area contributed by atoms with Crippen LogP contribution in [0.3, 0.4) is 0 Å². The molecule has 0 amide bonds. The first-order chi connectivity index (χ1) is 8.15. The lowest BCUT2D eigenvalue weighted by Crippen LogP contribution is -1.95. The molecule has 0 radical (unpaired) electrons. The van der Waals surface area contributed by atoms with E-state index in [2.05, 4.69) is 13.8 Å². The van der Waals surface area contributed by atoms with Gasteiger partial charge in [-0.1, -0.05) is 38.8 Å². The Labute approximate surface area is 104 Å². The van der Waals surface area contributed by atoms with Crippen molar-refractivity contribution in [3.8, 4) is 5.75 Å². The number of aryl methyl sites for hydroxylation is 1. The summed E-state index contributed by atoms with van der Waals surface area (Å²) >= 11 is 0. The number of methoxy groups -OCH3 is 1. The summed E-state index contributed by atoms with van der Waals surface area (Å²) in [5, 5.41) is 0. The Kier molecular flexibility index (Phi) is 5.46. The highest BCUT2D eigenvalue weighted by molar-refractivity contribution is 5.41. The van der Waals surface area contributed by atoms with E-state index in [9.17, 15) is 4.39 Å². The van der Waals surface area contributed by atoms with E-state index in [-0.39, 0.29) is 5.82 Å². The zero-order valence-corrected chi connectivity index (χ0v) is 11.3. The van der Waals surface area contributed by atoms with Crippen LogP contribution in [0, 0.1) is 12.7 Å². The van der Waals surface area contributed by atoms with Gasteiger partial charge in [-0.25, -0.2) is 4.39 Å². The van der Waals surface area contributed by atoms with Crippen molar-refractivity contribution in [2.45, 2.75) is 52.4 Å². The lowest BCUT2D eigenvalue weighted by molar-refractivity contribution is 0.381. The van der Waals surface area contributed by atoms with Gasteiger partial charge in [0.2, 0.25) is 0 Å². The van der Waals surface area contributed by atoms with Crippen LogP contribution in [0.2, 0.25) is 0 Å². The lowest BCUT2D eigenvalue weighted by atomic mass is 10.1. The Balaban J connectivity index is 0.000000317. The quantitative estimate of drug-likeness (QED) is 0.733. The molecule has 96 valence electrons. The molecule has 0 spiro atoms. The molecule has 0 aliphatic heterocycles. The zero-order chi connectivity index (χ0) is 12.8. The smallest absolute Gasteiger partial charge is 0.168 e. The summed E-state index contributed by atoms with van der Waals surface area (Å²) < 4.78 is 18.7. The molecule has 0 heterocycles. The van der Waals surface area contributed by atoms with Gasteiger partial charge in [0, 0.05) is 0 Å². The second kappa shape index (κ2) is 6.63. The summed E-state index contributed by atoms with van der Waals surface area (Å²) in [5.41, 5.74) is 1.69. The minimum atomic E-state index is -0.162. The molecule has 0 N–H and O–H groups in total. The summed E-state index contributed by atoms with van der Waals surface area (Å²) in [7, 11) is 1.52. The average molecular weight is 238 g/mol. The van der Waals surface area contributed by atoms with Crippen LogP contribution in [0.15, 0.2) is 12.1 Å².